The molecule has 3 nitrogen and oxygen atoms in total. The maximum absolute atomic E-state index is 10.6. The van der Waals surface area contributed by atoms with E-state index in [4.69, 9.17) is 9.52 Å². The number of carboxylic acid groups (broad SMARTS) is 1. The van der Waals surface area contributed by atoms with E-state index in [0.29, 0.717) is 5.09 Å². The fraction of sp³-hybridized carbons (Fsp3) is 0.417. The lowest BCUT2D eigenvalue weighted by Crippen LogP contribution is -1.91. The summed E-state index contributed by atoms with van der Waals surface area (Å²) in [5, 5.41) is 9.34. The Kier molecular flexibility index (Phi) is 5.78. The van der Waals surface area contributed by atoms with E-state index in [1.54, 1.807) is 17.8 Å². The number of thioether (sulfide) groups is 1. The van der Waals surface area contributed by atoms with Gasteiger partial charge in [-0.2, -0.15) is 0 Å². The van der Waals surface area contributed by atoms with Crippen LogP contribution in [0.3, 0.4) is 0 Å². The zero-order chi connectivity index (χ0) is 11.8. The quantitative estimate of drug-likeness (QED) is 0.426. The van der Waals surface area contributed by atoms with Crippen LogP contribution in [0.4, 0.5) is 0 Å². The van der Waals surface area contributed by atoms with E-state index in [0.717, 1.165) is 18.6 Å². The van der Waals surface area contributed by atoms with E-state index in [9.17, 15) is 4.79 Å². The Morgan fingerprint density at radius 2 is 2.25 bits per heavy atom. The first kappa shape index (κ1) is 12.9. The van der Waals surface area contributed by atoms with E-state index < -0.39 is 5.97 Å². The lowest BCUT2D eigenvalue weighted by molar-refractivity contribution is 0.0656. The molecule has 0 saturated carbocycles. The van der Waals surface area contributed by atoms with Gasteiger partial charge in [0.1, 0.15) is 0 Å². The van der Waals surface area contributed by atoms with E-state index in [-0.39, 0.29) is 5.76 Å². The Morgan fingerprint density at radius 1 is 1.44 bits per heavy atom. The van der Waals surface area contributed by atoms with Gasteiger partial charge in [0.15, 0.2) is 5.09 Å². The van der Waals surface area contributed by atoms with Crippen LogP contribution in [0.5, 0.6) is 0 Å². The van der Waals surface area contributed by atoms with Crippen molar-refractivity contribution in [3.8, 4) is 0 Å². The topological polar surface area (TPSA) is 50.4 Å². The SMILES string of the molecule is C=CCCCCCSc1ccc(C(=O)O)o1. The van der Waals surface area contributed by atoms with Crippen LogP contribution in [-0.2, 0) is 0 Å². The Hall–Kier alpha value is -1.16. The average molecular weight is 240 g/mol. The fourth-order valence-corrected chi connectivity index (χ4v) is 2.12. The van der Waals surface area contributed by atoms with Gasteiger partial charge in [0.2, 0.25) is 5.76 Å². The van der Waals surface area contributed by atoms with Gasteiger partial charge in [-0.1, -0.05) is 24.3 Å². The summed E-state index contributed by atoms with van der Waals surface area (Å²) in [5.41, 5.74) is 0. The standard InChI is InChI=1S/C12H16O3S/c1-2-3-4-5-6-9-16-11-8-7-10(15-11)12(13)14/h2,7-8H,1,3-6,9H2,(H,13,14). The van der Waals surface area contributed by atoms with Gasteiger partial charge >= 0.3 is 5.97 Å². The number of allylic oxidation sites excluding steroid dienone is 1. The Bertz CT molecular complexity index is 344. The van der Waals surface area contributed by atoms with Crippen LogP contribution in [0.15, 0.2) is 34.3 Å². The molecular weight excluding hydrogens is 224 g/mol. The third-order valence-corrected chi connectivity index (χ3v) is 3.09. The molecule has 1 N–H and O–H groups in total. The van der Waals surface area contributed by atoms with Gasteiger partial charge in [0, 0.05) is 5.75 Å². The highest BCUT2D eigenvalue weighted by molar-refractivity contribution is 7.99. The molecule has 0 unspecified atom stereocenters. The lowest BCUT2D eigenvalue weighted by Gasteiger charge is -1.97. The van der Waals surface area contributed by atoms with E-state index >= 15 is 0 Å². The predicted molar refractivity (Wildman–Crippen MR) is 65.1 cm³/mol. The summed E-state index contributed by atoms with van der Waals surface area (Å²) in [7, 11) is 0. The number of hydrogen-bond acceptors (Lipinski definition) is 3. The number of carboxylic acids is 1. The first-order chi connectivity index (χ1) is 7.74. The summed E-state index contributed by atoms with van der Waals surface area (Å²) < 4.78 is 5.12. The highest BCUT2D eigenvalue weighted by atomic mass is 32.2. The molecule has 0 saturated heterocycles. The molecule has 1 aromatic heterocycles. The summed E-state index contributed by atoms with van der Waals surface area (Å²) in [6, 6.07) is 3.19. The van der Waals surface area contributed by atoms with Crippen LogP contribution >= 0.6 is 11.8 Å². The number of rotatable bonds is 8. The lowest BCUT2D eigenvalue weighted by atomic mass is 10.2. The maximum atomic E-state index is 10.6. The van der Waals surface area contributed by atoms with Crippen molar-refractivity contribution in [2.45, 2.75) is 30.8 Å². The zero-order valence-corrected chi connectivity index (χ0v) is 9.96. The average Bonchev–Trinajstić information content (AvgIpc) is 2.72. The molecule has 1 rings (SSSR count). The molecule has 1 heterocycles. The number of furan rings is 1. The van der Waals surface area contributed by atoms with Crippen LogP contribution < -0.4 is 0 Å². The van der Waals surface area contributed by atoms with E-state index in [1.165, 1.54) is 18.9 Å². The van der Waals surface area contributed by atoms with Crippen LogP contribution in [0, 0.1) is 0 Å². The van der Waals surface area contributed by atoms with E-state index in [1.807, 2.05) is 6.08 Å². The summed E-state index contributed by atoms with van der Waals surface area (Å²) in [5.74, 6) is -0.0454. The van der Waals surface area contributed by atoms with Crippen LogP contribution in [0.1, 0.15) is 36.2 Å². The molecule has 0 amide bonds. The van der Waals surface area contributed by atoms with Crippen molar-refractivity contribution in [3.63, 3.8) is 0 Å². The normalized spacial score (nSPS) is 10.2. The van der Waals surface area contributed by atoms with Gasteiger partial charge in [-0.05, 0) is 31.4 Å². The molecule has 0 aliphatic heterocycles. The Labute approximate surface area is 99.5 Å². The molecule has 88 valence electrons. The second kappa shape index (κ2) is 7.17. The smallest absolute Gasteiger partial charge is 0.371 e. The molecule has 1 aromatic rings. The molecule has 0 aromatic carbocycles. The maximum Gasteiger partial charge on any atom is 0.371 e. The molecule has 0 spiro atoms. The van der Waals surface area contributed by atoms with Gasteiger partial charge < -0.3 is 9.52 Å². The first-order valence-electron chi connectivity index (χ1n) is 5.31. The highest BCUT2D eigenvalue weighted by Gasteiger charge is 2.08. The second-order valence-corrected chi connectivity index (χ2v) is 4.51. The van der Waals surface area contributed by atoms with Crippen molar-refractivity contribution in [2.24, 2.45) is 0 Å². The molecule has 0 bridgehead atoms. The van der Waals surface area contributed by atoms with Crippen molar-refractivity contribution in [3.05, 3.63) is 30.5 Å². The van der Waals surface area contributed by atoms with Crippen molar-refractivity contribution in [1.82, 2.24) is 0 Å². The van der Waals surface area contributed by atoms with Crippen molar-refractivity contribution in [1.29, 1.82) is 0 Å². The number of carbonyl (C=O) groups is 1. The monoisotopic (exact) mass is 240 g/mol. The predicted octanol–water partition coefficient (Wildman–Crippen LogP) is 3.82. The number of unbranched alkanes of at least 4 members (excludes halogenated alkanes) is 3. The molecule has 0 fully saturated rings. The van der Waals surface area contributed by atoms with E-state index in [2.05, 4.69) is 6.58 Å². The van der Waals surface area contributed by atoms with Crippen molar-refractivity contribution < 1.29 is 14.3 Å². The largest absolute Gasteiger partial charge is 0.475 e. The van der Waals surface area contributed by atoms with Gasteiger partial charge in [-0.25, -0.2) is 4.79 Å². The van der Waals surface area contributed by atoms with Crippen molar-refractivity contribution >= 4 is 17.7 Å². The molecule has 16 heavy (non-hydrogen) atoms. The molecule has 0 radical (unpaired) electrons. The minimum atomic E-state index is -1.02. The summed E-state index contributed by atoms with van der Waals surface area (Å²) in [6.07, 6.45) is 6.45. The fourth-order valence-electron chi connectivity index (χ4n) is 1.25. The Morgan fingerprint density at radius 3 is 2.88 bits per heavy atom. The molecule has 0 atom stereocenters. The van der Waals surface area contributed by atoms with Gasteiger partial charge in [0.25, 0.3) is 0 Å². The van der Waals surface area contributed by atoms with Gasteiger partial charge in [-0.15, -0.1) is 6.58 Å². The second-order valence-electron chi connectivity index (χ2n) is 3.41. The third kappa shape index (κ3) is 4.57. The summed E-state index contributed by atoms with van der Waals surface area (Å²) >= 11 is 1.56. The first-order valence-corrected chi connectivity index (χ1v) is 6.29. The van der Waals surface area contributed by atoms with Crippen LogP contribution in [-0.4, -0.2) is 16.8 Å². The van der Waals surface area contributed by atoms with Crippen LogP contribution in [0.2, 0.25) is 0 Å². The number of aromatic carboxylic acids is 1. The molecule has 0 aliphatic rings. The molecule has 4 heteroatoms. The minimum Gasteiger partial charge on any atom is -0.475 e. The van der Waals surface area contributed by atoms with Gasteiger partial charge in [-0.3, -0.25) is 0 Å². The van der Waals surface area contributed by atoms with Gasteiger partial charge in [0.05, 0.1) is 0 Å². The summed E-state index contributed by atoms with van der Waals surface area (Å²) in [6.45, 7) is 3.67. The third-order valence-electron chi connectivity index (χ3n) is 2.09. The zero-order valence-electron chi connectivity index (χ0n) is 9.15. The summed E-state index contributed by atoms with van der Waals surface area (Å²) in [4.78, 5) is 10.6. The molecular formula is C12H16O3S. The Balaban J connectivity index is 2.16. The molecule has 0 aliphatic carbocycles. The van der Waals surface area contributed by atoms with Crippen molar-refractivity contribution in [2.75, 3.05) is 5.75 Å². The number of hydrogen-bond donors (Lipinski definition) is 1. The van der Waals surface area contributed by atoms with Crippen LogP contribution in [0.25, 0.3) is 0 Å². The minimum absolute atomic E-state index is 0.00848. The highest BCUT2D eigenvalue weighted by Crippen LogP contribution is 2.22.